The summed E-state index contributed by atoms with van der Waals surface area (Å²) < 4.78 is 4.71. The van der Waals surface area contributed by atoms with E-state index in [-0.39, 0.29) is 0 Å². The zero-order valence-corrected chi connectivity index (χ0v) is 4.72. The number of hydrogen-bond acceptors (Lipinski definition) is 1. The molecule has 0 aromatic heterocycles. The maximum absolute atomic E-state index is 4.71. The molecule has 0 saturated heterocycles. The summed E-state index contributed by atoms with van der Waals surface area (Å²) in [5, 5.41) is 0. The van der Waals surface area contributed by atoms with Crippen molar-refractivity contribution in [2.75, 3.05) is 7.11 Å². The SMILES string of the molecule is CO[CH](C)[Al+2]. The van der Waals surface area contributed by atoms with Crippen LogP contribution in [0.4, 0.5) is 0 Å². The molecule has 0 heterocycles. The molecule has 0 aliphatic carbocycles. The third-order valence-electron chi connectivity index (χ3n) is 0.372. The fourth-order valence-electron chi connectivity index (χ4n) is 0. The second kappa shape index (κ2) is 2.72. The van der Waals surface area contributed by atoms with Crippen molar-refractivity contribution in [3.8, 4) is 0 Å². The maximum atomic E-state index is 4.71. The summed E-state index contributed by atoms with van der Waals surface area (Å²) in [5.74, 6) is 0. The van der Waals surface area contributed by atoms with Crippen LogP contribution in [0.25, 0.3) is 0 Å². The van der Waals surface area contributed by atoms with Crippen LogP contribution in [-0.2, 0) is 4.74 Å². The summed E-state index contributed by atoms with van der Waals surface area (Å²) in [5.41, 5.74) is 0. The zero-order chi connectivity index (χ0) is 4.28. The number of methoxy groups -OCH3 is 1. The first kappa shape index (κ1) is 5.49. The van der Waals surface area contributed by atoms with Crippen molar-refractivity contribution in [1.82, 2.24) is 0 Å². The minimum atomic E-state index is 0.301. The van der Waals surface area contributed by atoms with Gasteiger partial charge in [0.05, 0.1) is 0 Å². The van der Waals surface area contributed by atoms with Crippen LogP contribution in [-0.4, -0.2) is 28.4 Å². The predicted molar refractivity (Wildman–Crippen MR) is 22.2 cm³/mol. The van der Waals surface area contributed by atoms with Gasteiger partial charge in [0.2, 0.25) is 0 Å². The molecule has 0 N–H and O–H groups in total. The Hall–Kier alpha value is 0.492. The van der Waals surface area contributed by atoms with E-state index in [9.17, 15) is 0 Å². The number of rotatable bonds is 1. The second-order valence-corrected chi connectivity index (χ2v) is 1.88. The molecule has 0 rings (SSSR count). The Labute approximate surface area is 40.7 Å². The van der Waals surface area contributed by atoms with Crippen LogP contribution in [0.2, 0.25) is 0 Å². The standard InChI is InChI=1S/C3H7O.Al/c1-3-4-2;/h3H,1-2H3;/q;+2. The number of hydrogen-bond donors (Lipinski definition) is 0. The molecular weight excluding hydrogens is 79.0 g/mol. The van der Waals surface area contributed by atoms with E-state index in [1.165, 1.54) is 0 Å². The molecule has 1 atom stereocenters. The Bertz CT molecular complexity index is 20.9. The summed E-state index contributed by atoms with van der Waals surface area (Å²) in [6.45, 7) is 1.96. The van der Waals surface area contributed by atoms with Crippen molar-refractivity contribution in [3.63, 3.8) is 0 Å². The van der Waals surface area contributed by atoms with E-state index in [2.05, 4.69) is 16.3 Å². The molecule has 1 unspecified atom stereocenters. The van der Waals surface area contributed by atoms with E-state index >= 15 is 0 Å². The van der Waals surface area contributed by atoms with Crippen LogP contribution >= 0.6 is 0 Å². The molecule has 0 spiro atoms. The first-order valence-corrected chi connectivity index (χ1v) is 2.22. The molecule has 0 aliphatic heterocycles. The Balaban J connectivity index is 2.54. The van der Waals surface area contributed by atoms with Gasteiger partial charge >= 0.3 is 40.0 Å². The molecule has 0 saturated carbocycles. The molecule has 26 valence electrons. The van der Waals surface area contributed by atoms with Gasteiger partial charge in [0.1, 0.15) is 0 Å². The molecule has 0 aromatic carbocycles. The Morgan fingerprint density at radius 2 is 2.00 bits per heavy atom. The summed E-state index contributed by atoms with van der Waals surface area (Å²) in [6, 6.07) is 0. The van der Waals surface area contributed by atoms with Gasteiger partial charge in [-0.25, -0.2) is 0 Å². The Morgan fingerprint density at radius 3 is 2.00 bits per heavy atom. The van der Waals surface area contributed by atoms with Gasteiger partial charge in [0, 0.05) is 0 Å². The molecule has 0 bridgehead atoms. The monoisotopic (exact) mass is 86.0 g/mol. The van der Waals surface area contributed by atoms with E-state index in [1.807, 2.05) is 6.92 Å². The van der Waals surface area contributed by atoms with Gasteiger partial charge in [-0.2, -0.15) is 0 Å². The third-order valence-corrected chi connectivity index (χ3v) is 0.644. The molecular formula is C3H7AlO+2. The quantitative estimate of drug-likeness (QED) is 0.413. The fourth-order valence-corrected chi connectivity index (χ4v) is 0. The minimum absolute atomic E-state index is 0.301. The van der Waals surface area contributed by atoms with Gasteiger partial charge in [-0.15, -0.1) is 0 Å². The molecule has 0 radical (unpaired) electrons. The normalized spacial score (nSPS) is 15.2. The summed E-state index contributed by atoms with van der Waals surface area (Å²) >= 11 is 2.51. The first-order chi connectivity index (χ1) is 2.27. The second-order valence-electron chi connectivity index (χ2n) is 0.941. The van der Waals surface area contributed by atoms with Gasteiger partial charge in [0.25, 0.3) is 0 Å². The first-order valence-electron chi connectivity index (χ1n) is 1.55. The average molecular weight is 86.1 g/mol. The summed E-state index contributed by atoms with van der Waals surface area (Å²) in [6.07, 6.45) is 0. The predicted octanol–water partition coefficient (Wildman–Crippen LogP) is 0.147. The molecule has 1 nitrogen and oxygen atoms in total. The third kappa shape index (κ3) is 4.49. The van der Waals surface area contributed by atoms with Crippen LogP contribution in [0.3, 0.4) is 0 Å². The van der Waals surface area contributed by atoms with E-state index < -0.39 is 0 Å². The Morgan fingerprint density at radius 1 is 1.80 bits per heavy atom. The van der Waals surface area contributed by atoms with Crippen molar-refractivity contribution in [3.05, 3.63) is 0 Å². The zero-order valence-electron chi connectivity index (χ0n) is 3.56. The molecule has 0 aromatic rings. The molecule has 0 aliphatic rings. The summed E-state index contributed by atoms with van der Waals surface area (Å²) in [4.78, 5) is 0.301. The topological polar surface area (TPSA) is 9.23 Å². The number of ether oxygens (including phenoxy) is 1. The van der Waals surface area contributed by atoms with Gasteiger partial charge < -0.3 is 0 Å². The molecule has 0 fully saturated rings. The van der Waals surface area contributed by atoms with Crippen LogP contribution < -0.4 is 0 Å². The Kier molecular flexibility index (Phi) is 2.98. The van der Waals surface area contributed by atoms with Gasteiger partial charge in [-0.05, 0) is 0 Å². The van der Waals surface area contributed by atoms with E-state index in [1.54, 1.807) is 7.11 Å². The van der Waals surface area contributed by atoms with Crippen molar-refractivity contribution >= 4 is 16.3 Å². The van der Waals surface area contributed by atoms with Gasteiger partial charge in [-0.1, -0.05) is 0 Å². The van der Waals surface area contributed by atoms with Gasteiger partial charge in [0.15, 0.2) is 0 Å². The van der Waals surface area contributed by atoms with Gasteiger partial charge in [-0.3, -0.25) is 0 Å². The van der Waals surface area contributed by atoms with Crippen LogP contribution in [0.15, 0.2) is 0 Å². The fraction of sp³-hybridized carbons (Fsp3) is 1.00. The van der Waals surface area contributed by atoms with Crippen molar-refractivity contribution < 1.29 is 4.74 Å². The molecule has 2 heteroatoms. The van der Waals surface area contributed by atoms with Crippen molar-refractivity contribution in [1.29, 1.82) is 0 Å². The van der Waals surface area contributed by atoms with Crippen molar-refractivity contribution in [2.45, 2.75) is 11.9 Å². The van der Waals surface area contributed by atoms with Crippen molar-refractivity contribution in [2.24, 2.45) is 0 Å². The molecule has 0 amide bonds. The average Bonchev–Trinajstić information content (AvgIpc) is 1.38. The van der Waals surface area contributed by atoms with E-state index in [0.717, 1.165) is 0 Å². The van der Waals surface area contributed by atoms with Crippen LogP contribution in [0, 0.1) is 0 Å². The summed E-state index contributed by atoms with van der Waals surface area (Å²) in [7, 11) is 1.68. The van der Waals surface area contributed by atoms with E-state index in [0.29, 0.717) is 4.97 Å². The van der Waals surface area contributed by atoms with Crippen LogP contribution in [0.5, 0.6) is 0 Å². The van der Waals surface area contributed by atoms with E-state index in [4.69, 9.17) is 4.74 Å². The van der Waals surface area contributed by atoms with Crippen LogP contribution in [0.1, 0.15) is 6.92 Å². The molecule has 5 heavy (non-hydrogen) atoms.